The van der Waals surface area contributed by atoms with E-state index in [0.29, 0.717) is 27.5 Å². The summed E-state index contributed by atoms with van der Waals surface area (Å²) in [6.45, 7) is 4.28. The van der Waals surface area contributed by atoms with E-state index in [1.165, 1.54) is 24.4 Å². The summed E-state index contributed by atoms with van der Waals surface area (Å²) < 4.78 is 6.85. The molecule has 1 N–H and O–H groups in total. The van der Waals surface area contributed by atoms with Gasteiger partial charge in [0.05, 0.1) is 24.2 Å². The summed E-state index contributed by atoms with van der Waals surface area (Å²) in [5.41, 5.74) is 2.60. The summed E-state index contributed by atoms with van der Waals surface area (Å²) >= 11 is 7.24. The monoisotopic (exact) mass is 417 g/mol. The van der Waals surface area contributed by atoms with Gasteiger partial charge in [0.15, 0.2) is 0 Å². The number of carbonyl (C=O) groups is 1. The van der Waals surface area contributed by atoms with Gasteiger partial charge in [0.1, 0.15) is 5.75 Å². The van der Waals surface area contributed by atoms with Crippen LogP contribution in [0.15, 0.2) is 47.6 Å². The molecule has 3 rings (SSSR count). The van der Waals surface area contributed by atoms with Gasteiger partial charge in [-0.15, -0.1) is 5.10 Å². The largest absolute Gasteiger partial charge is 0.495 e. The highest BCUT2D eigenvalue weighted by Gasteiger charge is 2.13. The summed E-state index contributed by atoms with van der Waals surface area (Å²) in [5, 5.41) is 15.6. The normalized spacial score (nSPS) is 10.9. The number of methoxy groups -OCH3 is 1. The number of hydrogen-bond acceptors (Lipinski definition) is 6. The van der Waals surface area contributed by atoms with Crippen molar-refractivity contribution in [3.63, 3.8) is 0 Å². The predicted molar refractivity (Wildman–Crippen MR) is 111 cm³/mol. The Morgan fingerprint density at radius 3 is 2.68 bits per heavy atom. The van der Waals surface area contributed by atoms with Crippen LogP contribution >= 0.6 is 23.4 Å². The number of carbonyl (C=O) groups excluding carboxylic acids is 1. The number of anilines is 1. The van der Waals surface area contributed by atoms with Crippen molar-refractivity contribution in [2.45, 2.75) is 24.9 Å². The van der Waals surface area contributed by atoms with Gasteiger partial charge in [-0.3, -0.25) is 4.79 Å². The molecule has 0 saturated carbocycles. The van der Waals surface area contributed by atoms with Crippen LogP contribution in [0.1, 0.15) is 25.3 Å². The molecule has 0 aliphatic heterocycles. The minimum absolute atomic E-state index is 0.139. The van der Waals surface area contributed by atoms with E-state index in [-0.39, 0.29) is 11.7 Å². The van der Waals surface area contributed by atoms with Crippen LogP contribution in [-0.4, -0.2) is 39.0 Å². The van der Waals surface area contributed by atoms with Gasteiger partial charge < -0.3 is 10.1 Å². The molecule has 0 aliphatic rings. The Labute approximate surface area is 172 Å². The van der Waals surface area contributed by atoms with Crippen LogP contribution < -0.4 is 10.1 Å². The fraction of sp³-hybridized carbons (Fsp3) is 0.263. The lowest BCUT2D eigenvalue weighted by molar-refractivity contribution is -0.113. The zero-order valence-corrected chi connectivity index (χ0v) is 17.3. The lowest BCUT2D eigenvalue weighted by atomic mass is 10.0. The third kappa shape index (κ3) is 4.82. The van der Waals surface area contributed by atoms with Crippen LogP contribution in [0.5, 0.6) is 5.75 Å². The number of amides is 1. The molecule has 7 nitrogen and oxygen atoms in total. The molecule has 1 aromatic heterocycles. The zero-order valence-electron chi connectivity index (χ0n) is 15.7. The van der Waals surface area contributed by atoms with E-state index in [1.54, 1.807) is 22.9 Å². The lowest BCUT2D eigenvalue weighted by Gasteiger charge is -2.10. The van der Waals surface area contributed by atoms with Crippen LogP contribution in [-0.2, 0) is 4.79 Å². The highest BCUT2D eigenvalue weighted by molar-refractivity contribution is 7.99. The molecule has 0 atom stereocenters. The van der Waals surface area contributed by atoms with Gasteiger partial charge in [-0.1, -0.05) is 49.3 Å². The number of hydrogen-bond donors (Lipinski definition) is 1. The minimum Gasteiger partial charge on any atom is -0.495 e. The maximum absolute atomic E-state index is 12.3. The Morgan fingerprint density at radius 2 is 2.00 bits per heavy atom. The van der Waals surface area contributed by atoms with Crippen molar-refractivity contribution in [2.24, 2.45) is 0 Å². The smallest absolute Gasteiger partial charge is 0.234 e. The fourth-order valence-corrected chi connectivity index (χ4v) is 3.39. The van der Waals surface area contributed by atoms with Crippen LogP contribution in [0.3, 0.4) is 0 Å². The number of rotatable bonds is 7. The number of tetrazole rings is 1. The molecule has 1 amide bonds. The van der Waals surface area contributed by atoms with Crippen molar-refractivity contribution >= 4 is 35.0 Å². The Bertz CT molecular complexity index is 959. The SMILES string of the molecule is COc1ccc(Cl)cc1NC(=O)CSc1nnnn1-c1ccc(C(C)C)cc1. The van der Waals surface area contributed by atoms with E-state index in [2.05, 4.69) is 34.7 Å². The molecular weight excluding hydrogens is 398 g/mol. The van der Waals surface area contributed by atoms with Gasteiger partial charge >= 0.3 is 0 Å². The molecule has 0 radical (unpaired) electrons. The molecule has 0 saturated heterocycles. The molecule has 28 heavy (non-hydrogen) atoms. The van der Waals surface area contributed by atoms with Crippen molar-refractivity contribution in [1.29, 1.82) is 0 Å². The second-order valence-corrected chi connectivity index (χ2v) is 7.68. The highest BCUT2D eigenvalue weighted by atomic mass is 35.5. The molecule has 0 unspecified atom stereocenters. The molecule has 146 valence electrons. The molecule has 0 aliphatic carbocycles. The van der Waals surface area contributed by atoms with Crippen molar-refractivity contribution in [2.75, 3.05) is 18.2 Å². The van der Waals surface area contributed by atoms with Crippen LogP contribution in [0.4, 0.5) is 5.69 Å². The number of aromatic nitrogens is 4. The van der Waals surface area contributed by atoms with Crippen LogP contribution in [0, 0.1) is 0 Å². The number of nitrogens with zero attached hydrogens (tertiary/aromatic N) is 4. The first-order valence-corrected chi connectivity index (χ1v) is 9.99. The Morgan fingerprint density at radius 1 is 1.25 bits per heavy atom. The zero-order chi connectivity index (χ0) is 20.1. The quantitative estimate of drug-likeness (QED) is 0.581. The molecule has 2 aromatic carbocycles. The van der Waals surface area contributed by atoms with Gasteiger partial charge in [-0.05, 0) is 52.2 Å². The summed E-state index contributed by atoms with van der Waals surface area (Å²) in [7, 11) is 1.53. The second kappa shape index (κ2) is 9.07. The standard InChI is InChI=1S/C19H20ClN5O2S/c1-12(2)13-4-7-15(8-5-13)25-19(22-23-24-25)28-11-18(26)21-16-10-14(20)6-9-17(16)27-3/h4-10,12H,11H2,1-3H3,(H,21,26). The number of benzene rings is 2. The van der Waals surface area contributed by atoms with Gasteiger partial charge in [0.2, 0.25) is 11.1 Å². The van der Waals surface area contributed by atoms with E-state index in [9.17, 15) is 4.79 Å². The van der Waals surface area contributed by atoms with Crippen LogP contribution in [0.2, 0.25) is 5.02 Å². The summed E-state index contributed by atoms with van der Waals surface area (Å²) in [6, 6.07) is 13.1. The van der Waals surface area contributed by atoms with E-state index in [1.807, 2.05) is 24.3 Å². The molecule has 1 heterocycles. The van der Waals surface area contributed by atoms with Crippen LogP contribution in [0.25, 0.3) is 5.69 Å². The lowest BCUT2D eigenvalue weighted by Crippen LogP contribution is -2.15. The highest BCUT2D eigenvalue weighted by Crippen LogP contribution is 2.28. The third-order valence-corrected chi connectivity index (χ3v) is 5.17. The van der Waals surface area contributed by atoms with E-state index in [0.717, 1.165) is 5.69 Å². The maximum Gasteiger partial charge on any atom is 0.234 e. The number of ether oxygens (including phenoxy) is 1. The topological polar surface area (TPSA) is 81.9 Å². The summed E-state index contributed by atoms with van der Waals surface area (Å²) in [5.74, 6) is 0.914. The van der Waals surface area contributed by atoms with Crippen molar-refractivity contribution in [3.05, 3.63) is 53.1 Å². The number of thioether (sulfide) groups is 1. The molecule has 9 heteroatoms. The molecule has 3 aromatic rings. The van der Waals surface area contributed by atoms with E-state index in [4.69, 9.17) is 16.3 Å². The third-order valence-electron chi connectivity index (χ3n) is 4.01. The van der Waals surface area contributed by atoms with Gasteiger partial charge in [-0.2, -0.15) is 4.68 Å². The maximum atomic E-state index is 12.3. The second-order valence-electron chi connectivity index (χ2n) is 6.30. The molecular formula is C19H20ClN5O2S. The van der Waals surface area contributed by atoms with E-state index >= 15 is 0 Å². The summed E-state index contributed by atoms with van der Waals surface area (Å²) in [6.07, 6.45) is 0. The fourth-order valence-electron chi connectivity index (χ4n) is 2.53. The minimum atomic E-state index is -0.213. The Kier molecular flexibility index (Phi) is 6.53. The Hall–Kier alpha value is -2.58. The average molecular weight is 418 g/mol. The average Bonchev–Trinajstić information content (AvgIpc) is 3.15. The Balaban J connectivity index is 1.67. The first-order chi connectivity index (χ1) is 13.5. The number of halogens is 1. The first kappa shape index (κ1) is 20.2. The number of nitrogens with one attached hydrogen (secondary N) is 1. The first-order valence-electron chi connectivity index (χ1n) is 8.63. The van der Waals surface area contributed by atoms with E-state index < -0.39 is 0 Å². The van der Waals surface area contributed by atoms with Gasteiger partial charge in [0, 0.05) is 5.02 Å². The molecule has 0 bridgehead atoms. The van der Waals surface area contributed by atoms with Crippen molar-refractivity contribution < 1.29 is 9.53 Å². The van der Waals surface area contributed by atoms with Crippen molar-refractivity contribution in [3.8, 4) is 11.4 Å². The molecule has 0 fully saturated rings. The molecule has 0 spiro atoms. The van der Waals surface area contributed by atoms with Gasteiger partial charge in [0.25, 0.3) is 0 Å². The predicted octanol–water partition coefficient (Wildman–Crippen LogP) is 4.18. The van der Waals surface area contributed by atoms with Crippen molar-refractivity contribution in [1.82, 2.24) is 20.2 Å². The van der Waals surface area contributed by atoms with Gasteiger partial charge in [-0.25, -0.2) is 0 Å². The summed E-state index contributed by atoms with van der Waals surface area (Å²) in [4.78, 5) is 12.3.